The summed E-state index contributed by atoms with van der Waals surface area (Å²) in [5.74, 6) is -2.49. The molecule has 1 aromatic carbocycles. The number of nitrogens with one attached hydrogen (secondary N) is 1. The second kappa shape index (κ2) is 8.83. The van der Waals surface area contributed by atoms with Gasteiger partial charge in [-0.15, -0.1) is 0 Å². The van der Waals surface area contributed by atoms with Crippen LogP contribution in [0.2, 0.25) is 0 Å². The fourth-order valence-corrected chi connectivity index (χ4v) is 2.96. The van der Waals surface area contributed by atoms with E-state index in [-0.39, 0.29) is 0 Å². The van der Waals surface area contributed by atoms with E-state index in [1.54, 1.807) is 11.3 Å². The molecule has 24 heavy (non-hydrogen) atoms. The van der Waals surface area contributed by atoms with E-state index in [4.69, 9.17) is 19.8 Å². The minimum Gasteiger partial charge on any atom is -0.473 e. The van der Waals surface area contributed by atoms with E-state index in [0.717, 1.165) is 31.8 Å². The van der Waals surface area contributed by atoms with E-state index >= 15 is 0 Å². The number of aliphatic imine (C=N–C) groups is 1. The topological polar surface area (TPSA) is 99.0 Å². The van der Waals surface area contributed by atoms with Gasteiger partial charge in [0, 0.05) is 13.0 Å². The van der Waals surface area contributed by atoms with Crippen LogP contribution in [0.5, 0.6) is 0 Å². The van der Waals surface area contributed by atoms with Gasteiger partial charge in [-0.1, -0.05) is 24.3 Å². The zero-order valence-electron chi connectivity index (χ0n) is 12.9. The van der Waals surface area contributed by atoms with Crippen molar-refractivity contribution in [1.82, 2.24) is 5.32 Å². The molecule has 1 aliphatic rings. The maximum absolute atomic E-state index is 9.10. The van der Waals surface area contributed by atoms with Crippen molar-refractivity contribution in [3.05, 3.63) is 46.7 Å². The van der Waals surface area contributed by atoms with Crippen LogP contribution in [0.4, 0.5) is 0 Å². The second-order valence-electron chi connectivity index (χ2n) is 5.03. The van der Waals surface area contributed by atoms with Gasteiger partial charge < -0.3 is 15.5 Å². The fraction of sp³-hybridized carbons (Fsp3) is 0.235. The number of aliphatic carboxylic acids is 2. The molecular formula is C17H18N2O4S. The first-order valence-corrected chi connectivity index (χ1v) is 8.36. The first kappa shape index (κ1) is 17.7. The van der Waals surface area contributed by atoms with Gasteiger partial charge in [0.15, 0.2) is 0 Å². The second-order valence-corrected chi connectivity index (χ2v) is 5.81. The molecule has 3 rings (SSSR count). The van der Waals surface area contributed by atoms with Gasteiger partial charge in [0.2, 0.25) is 0 Å². The molecule has 0 aliphatic carbocycles. The number of amidine groups is 1. The Morgan fingerprint density at radius 1 is 1.12 bits per heavy atom. The number of carboxylic acid groups (broad SMARTS) is 2. The lowest BCUT2D eigenvalue weighted by Crippen LogP contribution is -2.18. The van der Waals surface area contributed by atoms with Crippen molar-refractivity contribution in [1.29, 1.82) is 0 Å². The molecule has 0 fully saturated rings. The molecular weight excluding hydrogens is 328 g/mol. The van der Waals surface area contributed by atoms with Crippen molar-refractivity contribution in [3.8, 4) is 11.1 Å². The van der Waals surface area contributed by atoms with Crippen molar-refractivity contribution in [2.24, 2.45) is 4.99 Å². The third kappa shape index (κ3) is 5.20. The SMILES string of the molecule is O=C(O)C(=O)O.c1ccc(-c2ccsc2)c(CCC2=NCCN2)c1. The van der Waals surface area contributed by atoms with E-state index in [0.29, 0.717) is 0 Å². The standard InChI is InChI=1S/C15H16N2S.C2H2O4/c1-2-4-14(13-7-10-18-11-13)12(3-1)5-6-15-16-8-9-17-15;3-1(4)2(5)6/h1-4,7,10-11H,5-6,8-9H2,(H,16,17);(H,3,4)(H,5,6). The summed E-state index contributed by atoms with van der Waals surface area (Å²) in [4.78, 5) is 22.6. The minimum atomic E-state index is -1.82. The number of carbonyl (C=O) groups is 2. The van der Waals surface area contributed by atoms with Crippen LogP contribution in [0.25, 0.3) is 11.1 Å². The highest BCUT2D eigenvalue weighted by molar-refractivity contribution is 7.08. The van der Waals surface area contributed by atoms with Crippen LogP contribution in [-0.4, -0.2) is 41.1 Å². The predicted octanol–water partition coefficient (Wildman–Crippen LogP) is 2.50. The van der Waals surface area contributed by atoms with Crippen LogP contribution in [0.1, 0.15) is 12.0 Å². The zero-order valence-corrected chi connectivity index (χ0v) is 13.8. The maximum atomic E-state index is 9.10. The van der Waals surface area contributed by atoms with Gasteiger partial charge in [0.1, 0.15) is 0 Å². The predicted molar refractivity (Wildman–Crippen MR) is 93.7 cm³/mol. The molecule has 0 spiro atoms. The number of hydrogen-bond donors (Lipinski definition) is 3. The number of nitrogens with zero attached hydrogens (tertiary/aromatic N) is 1. The number of benzene rings is 1. The average molecular weight is 346 g/mol. The molecule has 126 valence electrons. The van der Waals surface area contributed by atoms with Gasteiger partial charge in [-0.25, -0.2) is 9.59 Å². The largest absolute Gasteiger partial charge is 0.473 e. The van der Waals surface area contributed by atoms with Crippen LogP contribution in [0, 0.1) is 0 Å². The summed E-state index contributed by atoms with van der Waals surface area (Å²) in [6, 6.07) is 10.9. The molecule has 0 atom stereocenters. The first-order chi connectivity index (χ1) is 11.6. The van der Waals surface area contributed by atoms with Gasteiger partial charge in [-0.2, -0.15) is 11.3 Å². The monoisotopic (exact) mass is 346 g/mol. The summed E-state index contributed by atoms with van der Waals surface area (Å²) >= 11 is 1.75. The maximum Gasteiger partial charge on any atom is 0.414 e. The summed E-state index contributed by atoms with van der Waals surface area (Å²) in [5, 5.41) is 22.5. The normalized spacial score (nSPS) is 12.6. The van der Waals surface area contributed by atoms with E-state index < -0.39 is 11.9 Å². The Bertz CT molecular complexity index is 714. The van der Waals surface area contributed by atoms with Crippen LogP contribution in [0.3, 0.4) is 0 Å². The van der Waals surface area contributed by atoms with Crippen LogP contribution in [-0.2, 0) is 16.0 Å². The summed E-state index contributed by atoms with van der Waals surface area (Å²) in [7, 11) is 0. The molecule has 0 saturated carbocycles. The minimum absolute atomic E-state index is 0.932. The van der Waals surface area contributed by atoms with Crippen molar-refractivity contribution in [2.75, 3.05) is 13.1 Å². The first-order valence-electron chi connectivity index (χ1n) is 7.42. The van der Waals surface area contributed by atoms with Crippen LogP contribution >= 0.6 is 11.3 Å². The Morgan fingerprint density at radius 3 is 2.46 bits per heavy atom. The summed E-state index contributed by atoms with van der Waals surface area (Å²) < 4.78 is 0. The van der Waals surface area contributed by atoms with Crippen molar-refractivity contribution >= 4 is 29.1 Å². The van der Waals surface area contributed by atoms with Crippen LogP contribution < -0.4 is 5.32 Å². The number of aryl methyl sites for hydroxylation is 1. The van der Waals surface area contributed by atoms with E-state index in [1.807, 2.05) is 0 Å². The Balaban J connectivity index is 0.000000301. The number of thiophene rings is 1. The van der Waals surface area contributed by atoms with Gasteiger partial charge in [-0.05, 0) is 39.9 Å². The van der Waals surface area contributed by atoms with E-state index in [9.17, 15) is 0 Å². The molecule has 3 N–H and O–H groups in total. The highest BCUT2D eigenvalue weighted by atomic mass is 32.1. The number of rotatable bonds is 4. The smallest absolute Gasteiger partial charge is 0.414 e. The molecule has 1 aliphatic heterocycles. The van der Waals surface area contributed by atoms with E-state index in [2.05, 4.69) is 51.4 Å². The zero-order chi connectivity index (χ0) is 17.4. The molecule has 0 unspecified atom stereocenters. The molecule has 7 heteroatoms. The molecule has 0 saturated heterocycles. The van der Waals surface area contributed by atoms with Gasteiger partial charge in [0.05, 0.1) is 12.4 Å². The molecule has 2 heterocycles. The average Bonchev–Trinajstić information content (AvgIpc) is 3.27. The summed E-state index contributed by atoms with van der Waals surface area (Å²) in [6.07, 6.45) is 2.07. The number of hydrogen-bond acceptors (Lipinski definition) is 5. The fourth-order valence-electron chi connectivity index (χ4n) is 2.31. The quantitative estimate of drug-likeness (QED) is 0.739. The Morgan fingerprint density at radius 2 is 1.88 bits per heavy atom. The van der Waals surface area contributed by atoms with Gasteiger partial charge in [0.25, 0.3) is 0 Å². The van der Waals surface area contributed by atoms with Crippen LogP contribution in [0.15, 0.2) is 46.1 Å². The molecule has 2 aromatic rings. The lowest BCUT2D eigenvalue weighted by atomic mass is 9.98. The molecule has 0 bridgehead atoms. The highest BCUT2D eigenvalue weighted by Gasteiger charge is 2.08. The lowest BCUT2D eigenvalue weighted by molar-refractivity contribution is -0.159. The number of carboxylic acids is 2. The molecule has 6 nitrogen and oxygen atoms in total. The highest BCUT2D eigenvalue weighted by Crippen LogP contribution is 2.26. The molecule has 0 radical (unpaired) electrons. The lowest BCUT2D eigenvalue weighted by Gasteiger charge is -2.08. The summed E-state index contributed by atoms with van der Waals surface area (Å²) in [5.41, 5.74) is 4.10. The molecule has 0 amide bonds. The Hall–Kier alpha value is -2.67. The Labute approximate surface area is 143 Å². The third-order valence-electron chi connectivity index (χ3n) is 3.41. The van der Waals surface area contributed by atoms with Crippen molar-refractivity contribution in [2.45, 2.75) is 12.8 Å². The van der Waals surface area contributed by atoms with Crippen molar-refractivity contribution < 1.29 is 19.8 Å². The Kier molecular flexibility index (Phi) is 6.51. The van der Waals surface area contributed by atoms with E-state index in [1.165, 1.54) is 16.7 Å². The van der Waals surface area contributed by atoms with Gasteiger partial charge in [-0.3, -0.25) is 4.99 Å². The molecule has 1 aromatic heterocycles. The third-order valence-corrected chi connectivity index (χ3v) is 4.09. The van der Waals surface area contributed by atoms with Gasteiger partial charge >= 0.3 is 11.9 Å². The van der Waals surface area contributed by atoms with Crippen molar-refractivity contribution in [3.63, 3.8) is 0 Å². The summed E-state index contributed by atoms with van der Waals surface area (Å²) in [6.45, 7) is 1.93.